The van der Waals surface area contributed by atoms with Crippen molar-refractivity contribution in [2.45, 2.75) is 6.10 Å². The van der Waals surface area contributed by atoms with Crippen molar-refractivity contribution >= 4 is 22.0 Å². The zero-order valence-corrected chi connectivity index (χ0v) is 15.2. The van der Waals surface area contributed by atoms with E-state index in [1.165, 1.54) is 0 Å². The van der Waals surface area contributed by atoms with Gasteiger partial charge in [-0.05, 0) is 35.2 Å². The summed E-state index contributed by atoms with van der Waals surface area (Å²) in [6, 6.07) is 7.71. The van der Waals surface area contributed by atoms with Crippen molar-refractivity contribution in [1.82, 2.24) is 0 Å². The van der Waals surface area contributed by atoms with Crippen molar-refractivity contribution in [3.63, 3.8) is 0 Å². The molecular formula is C21H21NO4. The molecule has 4 rings (SSSR count). The first-order chi connectivity index (χ1) is 12.6. The molecular weight excluding hydrogens is 330 g/mol. The van der Waals surface area contributed by atoms with Crippen LogP contribution in [0.15, 0.2) is 53.9 Å². The third-order valence-electron chi connectivity index (χ3n) is 4.96. The molecule has 1 unspecified atom stereocenters. The molecule has 1 aliphatic heterocycles. The van der Waals surface area contributed by atoms with Crippen molar-refractivity contribution in [2.75, 3.05) is 33.3 Å². The summed E-state index contributed by atoms with van der Waals surface area (Å²) >= 11 is 0. The van der Waals surface area contributed by atoms with Crippen molar-refractivity contribution in [3.8, 4) is 11.5 Å². The SMILES string of the molecule is COC1=CC2=CN(C)c3c(ccc4cc(O)c(OC)cc34)C2=CC1OC. The summed E-state index contributed by atoms with van der Waals surface area (Å²) in [4.78, 5) is 2.09. The van der Waals surface area contributed by atoms with Crippen molar-refractivity contribution in [2.24, 2.45) is 0 Å². The summed E-state index contributed by atoms with van der Waals surface area (Å²) < 4.78 is 16.3. The maximum Gasteiger partial charge on any atom is 0.161 e. The Morgan fingerprint density at radius 1 is 1.08 bits per heavy atom. The smallest absolute Gasteiger partial charge is 0.161 e. The highest BCUT2D eigenvalue weighted by Crippen LogP contribution is 2.45. The number of allylic oxidation sites excluding steroid dienone is 3. The zero-order valence-electron chi connectivity index (χ0n) is 15.2. The highest BCUT2D eigenvalue weighted by atomic mass is 16.5. The lowest BCUT2D eigenvalue weighted by Gasteiger charge is -2.32. The summed E-state index contributed by atoms with van der Waals surface area (Å²) in [6.45, 7) is 0. The molecule has 2 aliphatic rings. The van der Waals surface area contributed by atoms with E-state index >= 15 is 0 Å². The molecule has 0 aromatic heterocycles. The van der Waals surface area contributed by atoms with Crippen LogP contribution in [-0.2, 0) is 9.47 Å². The molecule has 1 N–H and O–H groups in total. The standard InChI is InChI=1S/C21H21NO4/c1-22-11-13-8-19(25-3)20(26-4)9-15(13)14-6-5-12-7-17(23)18(24-2)10-16(12)21(14)22/h5-11,20,23H,1-4H3. The van der Waals surface area contributed by atoms with Gasteiger partial charge in [-0.15, -0.1) is 0 Å². The van der Waals surface area contributed by atoms with Gasteiger partial charge in [0.15, 0.2) is 11.5 Å². The Labute approximate surface area is 152 Å². The molecule has 0 radical (unpaired) electrons. The molecule has 0 saturated heterocycles. The van der Waals surface area contributed by atoms with Gasteiger partial charge < -0.3 is 24.2 Å². The maximum atomic E-state index is 10.1. The van der Waals surface area contributed by atoms with Gasteiger partial charge in [0.25, 0.3) is 0 Å². The van der Waals surface area contributed by atoms with Gasteiger partial charge in [0.1, 0.15) is 11.9 Å². The summed E-state index contributed by atoms with van der Waals surface area (Å²) in [6.07, 6.45) is 5.97. The third kappa shape index (κ3) is 2.35. The molecule has 0 saturated carbocycles. The number of anilines is 1. The third-order valence-corrected chi connectivity index (χ3v) is 4.96. The Hall–Kier alpha value is -2.92. The Balaban J connectivity index is 1.96. The number of aromatic hydroxyl groups is 1. The van der Waals surface area contributed by atoms with Gasteiger partial charge in [-0.2, -0.15) is 0 Å². The number of rotatable bonds is 3. The summed E-state index contributed by atoms with van der Waals surface area (Å²) in [7, 11) is 6.91. The van der Waals surface area contributed by atoms with E-state index in [4.69, 9.17) is 14.2 Å². The van der Waals surface area contributed by atoms with Gasteiger partial charge in [-0.1, -0.05) is 12.1 Å². The molecule has 5 nitrogen and oxygen atoms in total. The average molecular weight is 351 g/mol. The number of benzene rings is 2. The number of phenolic OH excluding ortho intramolecular Hbond substituents is 1. The second-order valence-electron chi connectivity index (χ2n) is 6.39. The normalized spacial score (nSPS) is 18.5. The van der Waals surface area contributed by atoms with Crippen LogP contribution in [0.2, 0.25) is 0 Å². The van der Waals surface area contributed by atoms with Crippen LogP contribution in [0.25, 0.3) is 16.3 Å². The molecule has 5 heteroatoms. The largest absolute Gasteiger partial charge is 0.504 e. The van der Waals surface area contributed by atoms with Gasteiger partial charge in [0.2, 0.25) is 0 Å². The fourth-order valence-corrected chi connectivity index (χ4v) is 3.71. The van der Waals surface area contributed by atoms with Crippen molar-refractivity contribution in [1.29, 1.82) is 0 Å². The van der Waals surface area contributed by atoms with E-state index in [1.54, 1.807) is 27.4 Å². The monoisotopic (exact) mass is 351 g/mol. The minimum atomic E-state index is -0.214. The Morgan fingerprint density at radius 2 is 1.88 bits per heavy atom. The summed E-state index contributed by atoms with van der Waals surface area (Å²) in [5, 5.41) is 12.1. The second-order valence-corrected chi connectivity index (χ2v) is 6.39. The predicted octanol–water partition coefficient (Wildman–Crippen LogP) is 3.83. The van der Waals surface area contributed by atoms with E-state index in [0.29, 0.717) is 5.75 Å². The van der Waals surface area contributed by atoms with E-state index in [-0.39, 0.29) is 11.9 Å². The zero-order chi connectivity index (χ0) is 18.4. The van der Waals surface area contributed by atoms with Crippen LogP contribution in [0.1, 0.15) is 5.56 Å². The molecule has 2 aromatic rings. The van der Waals surface area contributed by atoms with Gasteiger partial charge in [-0.25, -0.2) is 0 Å². The molecule has 1 heterocycles. The first kappa shape index (κ1) is 16.5. The van der Waals surface area contributed by atoms with E-state index in [2.05, 4.69) is 23.2 Å². The van der Waals surface area contributed by atoms with Crippen LogP contribution in [-0.4, -0.2) is 39.6 Å². The molecule has 0 spiro atoms. The Kier molecular flexibility index (Phi) is 3.89. The highest BCUT2D eigenvalue weighted by Gasteiger charge is 2.28. The average Bonchev–Trinajstić information content (AvgIpc) is 2.65. The molecule has 1 atom stereocenters. The lowest BCUT2D eigenvalue weighted by molar-refractivity contribution is 0.110. The van der Waals surface area contributed by atoms with Crippen molar-refractivity contribution in [3.05, 3.63) is 59.5 Å². The number of nitrogens with zero attached hydrogens (tertiary/aromatic N) is 1. The minimum absolute atomic E-state index is 0.138. The van der Waals surface area contributed by atoms with Gasteiger partial charge in [0, 0.05) is 36.9 Å². The molecule has 134 valence electrons. The quantitative estimate of drug-likeness (QED) is 0.911. The van der Waals surface area contributed by atoms with Crippen LogP contribution in [0.3, 0.4) is 0 Å². The lowest BCUT2D eigenvalue weighted by Crippen LogP contribution is -2.22. The van der Waals surface area contributed by atoms with Gasteiger partial charge in [-0.3, -0.25) is 0 Å². The van der Waals surface area contributed by atoms with Crippen molar-refractivity contribution < 1.29 is 19.3 Å². The Morgan fingerprint density at radius 3 is 2.58 bits per heavy atom. The topological polar surface area (TPSA) is 51.2 Å². The molecule has 0 bridgehead atoms. The number of methoxy groups -OCH3 is 3. The summed E-state index contributed by atoms with van der Waals surface area (Å²) in [5.74, 6) is 1.38. The van der Waals surface area contributed by atoms with E-state index in [0.717, 1.165) is 38.9 Å². The first-order valence-electron chi connectivity index (χ1n) is 8.36. The van der Waals surface area contributed by atoms with Crippen LogP contribution in [0, 0.1) is 0 Å². The van der Waals surface area contributed by atoms with Crippen LogP contribution < -0.4 is 9.64 Å². The number of ether oxygens (including phenoxy) is 3. The van der Waals surface area contributed by atoms with E-state index < -0.39 is 0 Å². The fraction of sp³-hybridized carbons (Fsp3) is 0.238. The van der Waals surface area contributed by atoms with Gasteiger partial charge in [0.05, 0.1) is 19.9 Å². The molecule has 26 heavy (non-hydrogen) atoms. The predicted molar refractivity (Wildman–Crippen MR) is 103 cm³/mol. The number of hydrogen-bond donors (Lipinski definition) is 1. The summed E-state index contributed by atoms with van der Waals surface area (Å²) in [5.41, 5.74) is 4.37. The highest BCUT2D eigenvalue weighted by molar-refractivity contribution is 6.06. The minimum Gasteiger partial charge on any atom is -0.504 e. The maximum absolute atomic E-state index is 10.1. The van der Waals surface area contributed by atoms with Crippen LogP contribution >= 0.6 is 0 Å². The second kappa shape index (κ2) is 6.11. The lowest BCUT2D eigenvalue weighted by atomic mass is 9.86. The van der Waals surface area contributed by atoms with Gasteiger partial charge >= 0.3 is 0 Å². The fourth-order valence-electron chi connectivity index (χ4n) is 3.71. The number of phenols is 1. The number of hydrogen-bond acceptors (Lipinski definition) is 5. The Bertz CT molecular complexity index is 987. The first-order valence-corrected chi connectivity index (χ1v) is 8.36. The number of fused-ring (bicyclic) bond motifs is 5. The molecule has 0 amide bonds. The van der Waals surface area contributed by atoms with E-state index in [9.17, 15) is 5.11 Å². The van der Waals surface area contributed by atoms with Crippen LogP contribution in [0.4, 0.5) is 5.69 Å². The van der Waals surface area contributed by atoms with Crippen LogP contribution in [0.5, 0.6) is 11.5 Å². The molecule has 1 aliphatic carbocycles. The molecule has 0 fully saturated rings. The molecule has 2 aromatic carbocycles. The van der Waals surface area contributed by atoms with E-state index in [1.807, 2.05) is 25.3 Å².